The van der Waals surface area contributed by atoms with Crippen molar-refractivity contribution in [2.75, 3.05) is 25.5 Å². The summed E-state index contributed by atoms with van der Waals surface area (Å²) in [6, 6.07) is 7.57. The van der Waals surface area contributed by atoms with Crippen LogP contribution in [0.4, 0.5) is 5.69 Å². The number of carboxylic acid groups (broad SMARTS) is 1. The zero-order valence-corrected chi connectivity index (χ0v) is 16.8. The number of aliphatic carboxylic acids is 1. The van der Waals surface area contributed by atoms with Crippen molar-refractivity contribution in [1.82, 2.24) is 4.90 Å². The first kappa shape index (κ1) is 24.2. The highest BCUT2D eigenvalue weighted by Gasteiger charge is 2.44. The Morgan fingerprint density at radius 2 is 2.04 bits per heavy atom. The molecule has 0 saturated carbocycles. The lowest BCUT2D eigenvalue weighted by Crippen LogP contribution is -2.55. The normalized spacial score (nSPS) is 17.9. The Labute approximate surface area is 170 Å². The van der Waals surface area contributed by atoms with E-state index in [2.05, 4.69) is 5.32 Å². The van der Waals surface area contributed by atoms with E-state index in [1.54, 1.807) is 0 Å². The SMILES string of the molecule is CNc1ccc(Cl)cc1.NC(CCCCB(O)O)(C(=O)O)C1CCN(C=O)C1. The molecular weight excluding hydrogens is 384 g/mol. The number of amides is 1. The fourth-order valence-corrected chi connectivity index (χ4v) is 3.28. The van der Waals surface area contributed by atoms with E-state index >= 15 is 0 Å². The summed E-state index contributed by atoms with van der Waals surface area (Å²) in [5, 5.41) is 30.6. The predicted molar refractivity (Wildman–Crippen MR) is 110 cm³/mol. The van der Waals surface area contributed by atoms with Gasteiger partial charge in [0.15, 0.2) is 0 Å². The van der Waals surface area contributed by atoms with Gasteiger partial charge in [0.05, 0.1) is 0 Å². The van der Waals surface area contributed by atoms with Gasteiger partial charge in [-0.25, -0.2) is 0 Å². The van der Waals surface area contributed by atoms with Crippen molar-refractivity contribution in [3.05, 3.63) is 29.3 Å². The van der Waals surface area contributed by atoms with Gasteiger partial charge in [0.25, 0.3) is 0 Å². The van der Waals surface area contributed by atoms with Crippen LogP contribution in [0.2, 0.25) is 11.3 Å². The molecule has 1 aromatic carbocycles. The number of anilines is 1. The number of unbranched alkanes of at least 4 members (excludes halogenated alkanes) is 1. The van der Waals surface area contributed by atoms with Crippen molar-refractivity contribution < 1.29 is 24.7 Å². The molecule has 0 spiro atoms. The van der Waals surface area contributed by atoms with Gasteiger partial charge in [-0.15, -0.1) is 0 Å². The molecule has 0 aliphatic carbocycles. The average molecular weight is 414 g/mol. The Balaban J connectivity index is 0.000000362. The topological polar surface area (TPSA) is 136 Å². The molecule has 2 rings (SSSR count). The molecule has 2 atom stereocenters. The second-order valence-corrected chi connectivity index (χ2v) is 7.35. The van der Waals surface area contributed by atoms with Gasteiger partial charge in [-0.3, -0.25) is 9.59 Å². The molecule has 0 bridgehead atoms. The number of hydrogen-bond acceptors (Lipinski definition) is 6. The molecule has 0 radical (unpaired) electrons. The lowest BCUT2D eigenvalue weighted by atomic mass is 9.77. The van der Waals surface area contributed by atoms with E-state index in [-0.39, 0.29) is 18.7 Å². The number of nitrogens with two attached hydrogens (primary N) is 1. The van der Waals surface area contributed by atoms with E-state index in [9.17, 15) is 14.7 Å². The molecule has 10 heteroatoms. The van der Waals surface area contributed by atoms with E-state index in [1.165, 1.54) is 4.90 Å². The lowest BCUT2D eigenvalue weighted by Gasteiger charge is -2.31. The summed E-state index contributed by atoms with van der Waals surface area (Å²) in [6.45, 7) is 0.907. The van der Waals surface area contributed by atoms with Crippen LogP contribution in [0.25, 0.3) is 0 Å². The van der Waals surface area contributed by atoms with Gasteiger partial charge < -0.3 is 31.1 Å². The first-order valence-corrected chi connectivity index (χ1v) is 9.61. The molecule has 1 heterocycles. The van der Waals surface area contributed by atoms with Crippen LogP contribution in [0.5, 0.6) is 0 Å². The highest BCUT2D eigenvalue weighted by Crippen LogP contribution is 2.30. The first-order valence-electron chi connectivity index (χ1n) is 9.24. The number of likely N-dealkylation sites (tertiary alicyclic amines) is 1. The van der Waals surface area contributed by atoms with Crippen LogP contribution in [-0.4, -0.2) is 65.2 Å². The Morgan fingerprint density at radius 3 is 2.50 bits per heavy atom. The van der Waals surface area contributed by atoms with Gasteiger partial charge in [-0.1, -0.05) is 24.4 Å². The molecule has 0 aromatic heterocycles. The van der Waals surface area contributed by atoms with Crippen LogP contribution < -0.4 is 11.1 Å². The van der Waals surface area contributed by atoms with E-state index in [0.717, 1.165) is 10.7 Å². The number of carbonyl (C=O) groups is 2. The molecule has 156 valence electrons. The Hall–Kier alpha value is -1.81. The predicted octanol–water partition coefficient (Wildman–Crippen LogP) is 1.27. The van der Waals surface area contributed by atoms with Gasteiger partial charge in [0.2, 0.25) is 6.41 Å². The van der Waals surface area contributed by atoms with E-state index in [4.69, 9.17) is 27.4 Å². The number of hydrogen-bond donors (Lipinski definition) is 5. The Bertz CT molecular complexity index is 620. The molecule has 1 fully saturated rings. The number of nitrogens with zero attached hydrogens (tertiary/aromatic N) is 1. The largest absolute Gasteiger partial charge is 0.480 e. The van der Waals surface area contributed by atoms with Crippen LogP contribution in [0, 0.1) is 5.92 Å². The Kier molecular flexibility index (Phi) is 10.3. The van der Waals surface area contributed by atoms with Crippen molar-refractivity contribution in [2.24, 2.45) is 11.7 Å². The molecule has 1 aromatic rings. The standard InChI is InChI=1S/C11H21BN2O5.C7H8ClN/c13-11(10(16)17,4-1-2-5-12(18)19)9-3-6-14(7-9)8-15;1-9-7-4-2-6(8)3-5-7/h8-9,18-19H,1-7,13H2,(H,16,17);2-5,9H,1H3. The molecule has 1 amide bonds. The number of carboxylic acids is 1. The van der Waals surface area contributed by atoms with Crippen molar-refractivity contribution in [1.29, 1.82) is 0 Å². The third-order valence-corrected chi connectivity index (χ3v) is 5.18. The van der Waals surface area contributed by atoms with Gasteiger partial charge in [0, 0.05) is 36.8 Å². The van der Waals surface area contributed by atoms with Crippen molar-refractivity contribution in [2.45, 2.75) is 37.5 Å². The van der Waals surface area contributed by atoms with E-state index < -0.39 is 18.6 Å². The third-order valence-electron chi connectivity index (χ3n) is 4.93. The minimum Gasteiger partial charge on any atom is -0.480 e. The minimum absolute atomic E-state index is 0.209. The molecule has 6 N–H and O–H groups in total. The summed E-state index contributed by atoms with van der Waals surface area (Å²) in [5.74, 6) is -1.32. The molecule has 28 heavy (non-hydrogen) atoms. The highest BCUT2D eigenvalue weighted by atomic mass is 35.5. The minimum atomic E-state index is -1.37. The molecule has 1 aliphatic heterocycles. The Morgan fingerprint density at radius 1 is 1.39 bits per heavy atom. The van der Waals surface area contributed by atoms with Crippen LogP contribution in [-0.2, 0) is 9.59 Å². The first-order chi connectivity index (χ1) is 13.2. The van der Waals surface area contributed by atoms with Crippen molar-refractivity contribution in [3.63, 3.8) is 0 Å². The second kappa shape index (κ2) is 11.9. The lowest BCUT2D eigenvalue weighted by molar-refractivity contribution is -0.146. The smallest absolute Gasteiger partial charge is 0.451 e. The summed E-state index contributed by atoms with van der Waals surface area (Å²) < 4.78 is 0. The summed E-state index contributed by atoms with van der Waals surface area (Å²) in [6.07, 6.45) is 2.80. The molecule has 2 unspecified atom stereocenters. The second-order valence-electron chi connectivity index (χ2n) is 6.91. The number of benzene rings is 1. The zero-order chi connectivity index (χ0) is 21.2. The average Bonchev–Trinajstić information content (AvgIpc) is 3.16. The molecule has 8 nitrogen and oxygen atoms in total. The maximum Gasteiger partial charge on any atom is 0.451 e. The van der Waals surface area contributed by atoms with Crippen LogP contribution in [0.1, 0.15) is 25.7 Å². The third kappa shape index (κ3) is 7.67. The van der Waals surface area contributed by atoms with Gasteiger partial charge >= 0.3 is 13.1 Å². The fraction of sp³-hybridized carbons (Fsp3) is 0.556. The number of nitrogens with one attached hydrogen (secondary N) is 1. The van der Waals surface area contributed by atoms with Crippen LogP contribution >= 0.6 is 11.6 Å². The molecular formula is C18H29BClN3O5. The highest BCUT2D eigenvalue weighted by molar-refractivity contribution is 6.40. The maximum atomic E-state index is 11.4. The van der Waals surface area contributed by atoms with Crippen LogP contribution in [0.3, 0.4) is 0 Å². The summed E-state index contributed by atoms with van der Waals surface area (Å²) in [7, 11) is 0.512. The number of carbonyl (C=O) groups excluding carboxylic acids is 1. The fourth-order valence-electron chi connectivity index (χ4n) is 3.15. The maximum absolute atomic E-state index is 11.4. The van der Waals surface area contributed by atoms with Gasteiger partial charge in [0.1, 0.15) is 5.54 Å². The molecule has 1 saturated heterocycles. The van der Waals surface area contributed by atoms with Gasteiger partial charge in [-0.2, -0.15) is 0 Å². The number of rotatable bonds is 9. The van der Waals surface area contributed by atoms with Gasteiger partial charge in [-0.05, 0) is 43.4 Å². The van der Waals surface area contributed by atoms with Crippen molar-refractivity contribution >= 4 is 36.8 Å². The summed E-state index contributed by atoms with van der Waals surface area (Å²) in [5.41, 5.74) is 5.75. The van der Waals surface area contributed by atoms with Crippen LogP contribution in [0.15, 0.2) is 24.3 Å². The summed E-state index contributed by atoms with van der Waals surface area (Å²) >= 11 is 5.64. The quantitative estimate of drug-likeness (QED) is 0.234. The zero-order valence-electron chi connectivity index (χ0n) is 16.1. The van der Waals surface area contributed by atoms with E-state index in [1.807, 2.05) is 31.3 Å². The molecule has 1 aliphatic rings. The monoisotopic (exact) mass is 413 g/mol. The van der Waals surface area contributed by atoms with Crippen molar-refractivity contribution in [3.8, 4) is 0 Å². The number of halogens is 1. The van der Waals surface area contributed by atoms with E-state index in [0.29, 0.717) is 38.8 Å². The summed E-state index contributed by atoms with van der Waals surface area (Å²) in [4.78, 5) is 23.6.